The van der Waals surface area contributed by atoms with Crippen molar-refractivity contribution in [1.29, 1.82) is 0 Å². The maximum atomic E-state index is 5.26. The van der Waals surface area contributed by atoms with Crippen LogP contribution in [0.2, 0.25) is 0 Å². The van der Waals surface area contributed by atoms with Crippen LogP contribution in [0.15, 0.2) is 24.9 Å². The number of aromatic nitrogens is 2. The normalized spacial score (nSPS) is 9.45. The molecule has 1 heterocycles. The van der Waals surface area contributed by atoms with Gasteiger partial charge in [-0.3, -0.25) is 5.10 Å². The van der Waals surface area contributed by atoms with Crippen LogP contribution in [-0.4, -0.2) is 16.8 Å². The number of ether oxygens (including phenoxy) is 1. The van der Waals surface area contributed by atoms with Crippen LogP contribution in [0.4, 0.5) is 0 Å². The summed E-state index contributed by atoms with van der Waals surface area (Å²) in [5.41, 5.74) is 0. The second-order valence-electron chi connectivity index (χ2n) is 2.19. The van der Waals surface area contributed by atoms with E-state index in [1.165, 1.54) is 0 Å². The van der Waals surface area contributed by atoms with Gasteiger partial charge in [0.05, 0.1) is 6.61 Å². The van der Waals surface area contributed by atoms with Gasteiger partial charge in [0.15, 0.2) is 0 Å². The van der Waals surface area contributed by atoms with Crippen LogP contribution in [0.3, 0.4) is 0 Å². The van der Waals surface area contributed by atoms with Gasteiger partial charge in [-0.05, 0) is 12.8 Å². The second-order valence-corrected chi connectivity index (χ2v) is 2.19. The molecule has 0 atom stereocenters. The van der Waals surface area contributed by atoms with Gasteiger partial charge in [-0.15, -0.1) is 11.7 Å². The lowest BCUT2D eigenvalue weighted by Gasteiger charge is -1.98. The molecular weight excluding hydrogens is 140 g/mol. The standard InChI is InChI=1S/C8H12N2O/c1-2-3-4-7-11-8-5-6-9-10-8/h2,5-6H,1,3-4,7H2,(H,9,10). The highest BCUT2D eigenvalue weighted by molar-refractivity contribution is 5.03. The predicted octanol–water partition coefficient (Wildman–Crippen LogP) is 1.75. The van der Waals surface area contributed by atoms with E-state index in [-0.39, 0.29) is 0 Å². The Morgan fingerprint density at radius 1 is 1.73 bits per heavy atom. The van der Waals surface area contributed by atoms with Gasteiger partial charge in [0.25, 0.3) is 0 Å². The molecule has 0 bridgehead atoms. The zero-order valence-electron chi connectivity index (χ0n) is 6.42. The van der Waals surface area contributed by atoms with E-state index >= 15 is 0 Å². The van der Waals surface area contributed by atoms with Crippen molar-refractivity contribution in [2.45, 2.75) is 12.8 Å². The Kier molecular flexibility index (Phi) is 3.25. The molecular formula is C8H12N2O. The first-order valence-corrected chi connectivity index (χ1v) is 3.67. The van der Waals surface area contributed by atoms with Crippen molar-refractivity contribution in [2.75, 3.05) is 6.61 Å². The molecule has 1 aromatic rings. The van der Waals surface area contributed by atoms with Crippen molar-refractivity contribution in [2.24, 2.45) is 0 Å². The summed E-state index contributed by atoms with van der Waals surface area (Å²) in [5.74, 6) is 0.661. The van der Waals surface area contributed by atoms with Gasteiger partial charge < -0.3 is 4.74 Å². The predicted molar refractivity (Wildman–Crippen MR) is 43.5 cm³/mol. The summed E-state index contributed by atoms with van der Waals surface area (Å²) in [6.45, 7) is 4.32. The minimum atomic E-state index is 0.661. The molecule has 0 amide bonds. The summed E-state index contributed by atoms with van der Waals surface area (Å²) >= 11 is 0. The Bertz CT molecular complexity index is 194. The van der Waals surface area contributed by atoms with E-state index in [0.29, 0.717) is 12.5 Å². The summed E-state index contributed by atoms with van der Waals surface area (Å²) in [6.07, 6.45) is 5.61. The van der Waals surface area contributed by atoms with Crippen LogP contribution in [0, 0.1) is 0 Å². The van der Waals surface area contributed by atoms with Crippen LogP contribution in [0.5, 0.6) is 5.88 Å². The number of hydrogen-bond acceptors (Lipinski definition) is 2. The largest absolute Gasteiger partial charge is 0.477 e. The highest BCUT2D eigenvalue weighted by atomic mass is 16.5. The topological polar surface area (TPSA) is 37.9 Å². The third kappa shape index (κ3) is 2.89. The molecule has 0 aliphatic carbocycles. The van der Waals surface area contributed by atoms with Gasteiger partial charge in [-0.2, -0.15) is 0 Å². The van der Waals surface area contributed by atoms with Gasteiger partial charge in [0.2, 0.25) is 5.88 Å². The highest BCUT2D eigenvalue weighted by Gasteiger charge is 1.91. The van der Waals surface area contributed by atoms with Gasteiger partial charge in [-0.25, -0.2) is 0 Å². The zero-order chi connectivity index (χ0) is 7.94. The minimum absolute atomic E-state index is 0.661. The van der Waals surface area contributed by atoms with E-state index in [1.54, 1.807) is 12.3 Å². The molecule has 1 rings (SSSR count). The number of rotatable bonds is 5. The monoisotopic (exact) mass is 152 g/mol. The molecule has 0 saturated carbocycles. The number of hydrogen-bond donors (Lipinski definition) is 1. The summed E-state index contributed by atoms with van der Waals surface area (Å²) < 4.78 is 5.26. The van der Waals surface area contributed by atoms with Gasteiger partial charge in [0, 0.05) is 12.3 Å². The molecule has 0 fully saturated rings. The summed E-state index contributed by atoms with van der Waals surface area (Å²) in [6, 6.07) is 1.80. The average Bonchev–Trinajstić information content (AvgIpc) is 2.50. The SMILES string of the molecule is C=CCCCOc1cc[nH]n1. The molecule has 1 aromatic heterocycles. The van der Waals surface area contributed by atoms with Crippen LogP contribution in [-0.2, 0) is 0 Å². The minimum Gasteiger partial charge on any atom is -0.477 e. The number of aromatic amines is 1. The Morgan fingerprint density at radius 3 is 3.27 bits per heavy atom. The fraction of sp³-hybridized carbons (Fsp3) is 0.375. The van der Waals surface area contributed by atoms with Crippen molar-refractivity contribution in [3.05, 3.63) is 24.9 Å². The molecule has 0 unspecified atom stereocenters. The van der Waals surface area contributed by atoms with E-state index in [9.17, 15) is 0 Å². The first-order valence-electron chi connectivity index (χ1n) is 3.67. The lowest BCUT2D eigenvalue weighted by atomic mass is 10.3. The van der Waals surface area contributed by atoms with Gasteiger partial charge in [-0.1, -0.05) is 6.08 Å². The molecule has 3 heteroatoms. The molecule has 1 N–H and O–H groups in total. The van der Waals surface area contributed by atoms with E-state index in [2.05, 4.69) is 16.8 Å². The lowest BCUT2D eigenvalue weighted by Crippen LogP contribution is -1.96. The van der Waals surface area contributed by atoms with Crippen LogP contribution in [0.1, 0.15) is 12.8 Å². The molecule has 3 nitrogen and oxygen atoms in total. The zero-order valence-corrected chi connectivity index (χ0v) is 6.42. The van der Waals surface area contributed by atoms with Crippen molar-refractivity contribution >= 4 is 0 Å². The lowest BCUT2D eigenvalue weighted by molar-refractivity contribution is 0.300. The van der Waals surface area contributed by atoms with E-state index < -0.39 is 0 Å². The fourth-order valence-electron chi connectivity index (χ4n) is 0.732. The molecule has 0 saturated heterocycles. The molecule has 0 aliphatic heterocycles. The summed E-state index contributed by atoms with van der Waals surface area (Å²) in [4.78, 5) is 0. The molecule has 0 aliphatic rings. The molecule has 60 valence electrons. The quantitative estimate of drug-likeness (QED) is 0.515. The van der Waals surface area contributed by atoms with E-state index in [1.807, 2.05) is 6.08 Å². The third-order valence-electron chi connectivity index (χ3n) is 1.28. The number of H-pyrrole nitrogens is 1. The Morgan fingerprint density at radius 2 is 2.64 bits per heavy atom. The van der Waals surface area contributed by atoms with E-state index in [4.69, 9.17) is 4.74 Å². The van der Waals surface area contributed by atoms with E-state index in [0.717, 1.165) is 12.8 Å². The summed E-state index contributed by atoms with van der Waals surface area (Å²) in [5, 5.41) is 6.52. The Labute approximate surface area is 66.1 Å². The molecule has 0 radical (unpaired) electrons. The molecule has 0 aromatic carbocycles. The smallest absolute Gasteiger partial charge is 0.232 e. The van der Waals surface area contributed by atoms with Crippen LogP contribution in [0.25, 0.3) is 0 Å². The maximum absolute atomic E-state index is 5.26. The molecule has 0 spiro atoms. The third-order valence-corrected chi connectivity index (χ3v) is 1.28. The number of nitrogens with one attached hydrogen (secondary N) is 1. The maximum Gasteiger partial charge on any atom is 0.232 e. The number of unbranched alkanes of at least 4 members (excludes halogenated alkanes) is 1. The van der Waals surface area contributed by atoms with Crippen molar-refractivity contribution < 1.29 is 4.74 Å². The number of nitrogens with zero attached hydrogens (tertiary/aromatic N) is 1. The highest BCUT2D eigenvalue weighted by Crippen LogP contribution is 2.02. The second kappa shape index (κ2) is 4.55. The van der Waals surface area contributed by atoms with Crippen molar-refractivity contribution in [1.82, 2.24) is 10.2 Å². The Balaban J connectivity index is 2.09. The number of allylic oxidation sites excluding steroid dienone is 1. The molecule has 11 heavy (non-hydrogen) atoms. The first-order chi connectivity index (χ1) is 5.43. The van der Waals surface area contributed by atoms with Gasteiger partial charge >= 0.3 is 0 Å². The summed E-state index contributed by atoms with van der Waals surface area (Å²) in [7, 11) is 0. The Hall–Kier alpha value is -1.25. The van der Waals surface area contributed by atoms with Crippen LogP contribution < -0.4 is 4.74 Å². The van der Waals surface area contributed by atoms with Gasteiger partial charge in [0.1, 0.15) is 0 Å². The van der Waals surface area contributed by atoms with Crippen molar-refractivity contribution in [3.63, 3.8) is 0 Å². The van der Waals surface area contributed by atoms with Crippen LogP contribution >= 0.6 is 0 Å². The first kappa shape index (κ1) is 7.85. The van der Waals surface area contributed by atoms with Crippen molar-refractivity contribution in [3.8, 4) is 5.88 Å². The average molecular weight is 152 g/mol. The fourth-order valence-corrected chi connectivity index (χ4v) is 0.732.